The van der Waals surface area contributed by atoms with Crippen molar-refractivity contribution in [1.82, 2.24) is 19.9 Å². The van der Waals surface area contributed by atoms with E-state index in [1.807, 2.05) is 24.4 Å². The number of rotatable bonds is 5. The van der Waals surface area contributed by atoms with Crippen LogP contribution in [-0.2, 0) is 17.8 Å². The van der Waals surface area contributed by atoms with Crippen LogP contribution in [0, 0.1) is 26.6 Å². The molecular weight excluding hydrogens is 379 g/mol. The van der Waals surface area contributed by atoms with Crippen molar-refractivity contribution in [3.8, 4) is 11.3 Å². The summed E-state index contributed by atoms with van der Waals surface area (Å²) >= 11 is 1.53. The first kappa shape index (κ1) is 18.4. The van der Waals surface area contributed by atoms with Crippen LogP contribution in [0.25, 0.3) is 16.2 Å². The Labute approximate surface area is 165 Å². The summed E-state index contributed by atoms with van der Waals surface area (Å²) in [6.07, 6.45) is 2.18. The minimum absolute atomic E-state index is 0.0770. The largest absolute Gasteiger partial charge is 0.361 e. The average Bonchev–Trinajstić information content (AvgIpc) is 3.31. The highest BCUT2D eigenvalue weighted by Gasteiger charge is 2.16. The molecule has 1 N–H and O–H groups in total. The standard InChI is InChI=1S/C20H19FN4O2S/c1-11-16(13(3)27-24-11)8-19(26)22-9-18-12(2)25-10-17(23-20(25)28-18)14-4-6-15(21)7-5-14/h4-7,10H,8-9H2,1-3H3,(H,22,26). The Morgan fingerprint density at radius 2 is 2.00 bits per heavy atom. The van der Waals surface area contributed by atoms with Gasteiger partial charge in [-0.25, -0.2) is 9.37 Å². The van der Waals surface area contributed by atoms with Gasteiger partial charge in [0.25, 0.3) is 0 Å². The highest BCUT2D eigenvalue weighted by molar-refractivity contribution is 7.17. The molecule has 0 saturated heterocycles. The lowest BCUT2D eigenvalue weighted by Crippen LogP contribution is -2.24. The van der Waals surface area contributed by atoms with Gasteiger partial charge in [0.2, 0.25) is 5.91 Å². The summed E-state index contributed by atoms with van der Waals surface area (Å²) in [4.78, 5) is 18.8. The van der Waals surface area contributed by atoms with Gasteiger partial charge in [0.1, 0.15) is 11.6 Å². The highest BCUT2D eigenvalue weighted by atomic mass is 32.1. The summed E-state index contributed by atoms with van der Waals surface area (Å²) in [6, 6.07) is 6.28. The van der Waals surface area contributed by atoms with Crippen molar-refractivity contribution in [2.24, 2.45) is 0 Å². The molecule has 0 aliphatic rings. The molecule has 0 fully saturated rings. The number of thiazole rings is 1. The molecule has 3 aromatic heterocycles. The van der Waals surface area contributed by atoms with Crippen LogP contribution < -0.4 is 5.32 Å². The predicted octanol–water partition coefficient (Wildman–Crippen LogP) is 3.97. The van der Waals surface area contributed by atoms with Crippen LogP contribution in [0.2, 0.25) is 0 Å². The summed E-state index contributed by atoms with van der Waals surface area (Å²) in [5.74, 6) is 0.328. The number of aromatic nitrogens is 3. The van der Waals surface area contributed by atoms with Gasteiger partial charge < -0.3 is 9.84 Å². The normalized spacial score (nSPS) is 11.3. The number of nitrogens with zero attached hydrogens (tertiary/aromatic N) is 3. The van der Waals surface area contributed by atoms with Gasteiger partial charge in [-0.3, -0.25) is 9.20 Å². The minimum Gasteiger partial charge on any atom is -0.361 e. The molecular formula is C20H19FN4O2S. The second-order valence-corrected chi connectivity index (χ2v) is 7.71. The van der Waals surface area contributed by atoms with Crippen molar-refractivity contribution in [1.29, 1.82) is 0 Å². The first-order chi connectivity index (χ1) is 13.4. The number of benzene rings is 1. The molecule has 4 rings (SSSR count). The monoisotopic (exact) mass is 398 g/mol. The molecule has 6 nitrogen and oxygen atoms in total. The van der Waals surface area contributed by atoms with E-state index in [4.69, 9.17) is 4.52 Å². The summed E-state index contributed by atoms with van der Waals surface area (Å²) in [7, 11) is 0. The molecule has 144 valence electrons. The second-order valence-electron chi connectivity index (χ2n) is 6.65. The lowest BCUT2D eigenvalue weighted by molar-refractivity contribution is -0.120. The Kier molecular flexibility index (Phi) is 4.72. The predicted molar refractivity (Wildman–Crippen MR) is 105 cm³/mol. The molecule has 1 aromatic carbocycles. The number of amides is 1. The van der Waals surface area contributed by atoms with Crippen LogP contribution >= 0.6 is 11.3 Å². The quantitative estimate of drug-likeness (QED) is 0.552. The van der Waals surface area contributed by atoms with Gasteiger partial charge in [-0.2, -0.15) is 0 Å². The number of nitrogens with one attached hydrogen (secondary N) is 1. The maximum absolute atomic E-state index is 13.1. The first-order valence-corrected chi connectivity index (χ1v) is 9.66. The fourth-order valence-electron chi connectivity index (χ4n) is 3.07. The Bertz CT molecular complexity index is 1140. The Morgan fingerprint density at radius 1 is 1.25 bits per heavy atom. The summed E-state index contributed by atoms with van der Waals surface area (Å²) in [5, 5.41) is 6.83. The molecule has 0 unspecified atom stereocenters. The smallest absolute Gasteiger partial charge is 0.224 e. The Morgan fingerprint density at radius 3 is 2.64 bits per heavy atom. The first-order valence-electron chi connectivity index (χ1n) is 8.84. The van der Waals surface area contributed by atoms with Crippen LogP contribution in [0.1, 0.15) is 27.6 Å². The van der Waals surface area contributed by atoms with E-state index in [2.05, 4.69) is 15.5 Å². The summed E-state index contributed by atoms with van der Waals surface area (Å²) in [5.41, 5.74) is 4.26. The van der Waals surface area contributed by atoms with E-state index in [9.17, 15) is 9.18 Å². The molecule has 0 radical (unpaired) electrons. The topological polar surface area (TPSA) is 72.4 Å². The van der Waals surface area contributed by atoms with Gasteiger partial charge >= 0.3 is 0 Å². The van der Waals surface area contributed by atoms with E-state index in [0.717, 1.165) is 38.0 Å². The lowest BCUT2D eigenvalue weighted by Gasteiger charge is -2.04. The van der Waals surface area contributed by atoms with Crippen molar-refractivity contribution in [3.05, 3.63) is 63.9 Å². The molecule has 4 aromatic rings. The zero-order chi connectivity index (χ0) is 19.8. The number of aryl methyl sites for hydroxylation is 3. The molecule has 1 amide bonds. The molecule has 0 saturated carbocycles. The van der Waals surface area contributed by atoms with Crippen LogP contribution in [0.5, 0.6) is 0 Å². The number of carbonyl (C=O) groups is 1. The van der Waals surface area contributed by atoms with Crippen LogP contribution in [-0.4, -0.2) is 20.4 Å². The number of hydrogen-bond acceptors (Lipinski definition) is 5. The van der Waals surface area contributed by atoms with Crippen LogP contribution in [0.15, 0.2) is 35.0 Å². The van der Waals surface area contributed by atoms with Gasteiger partial charge in [0.15, 0.2) is 4.96 Å². The van der Waals surface area contributed by atoms with Crippen molar-refractivity contribution >= 4 is 22.2 Å². The summed E-state index contributed by atoms with van der Waals surface area (Å²) in [6.45, 7) is 6.07. The highest BCUT2D eigenvalue weighted by Crippen LogP contribution is 2.27. The summed E-state index contributed by atoms with van der Waals surface area (Å²) < 4.78 is 20.2. The van der Waals surface area contributed by atoms with Crippen molar-refractivity contribution in [3.63, 3.8) is 0 Å². The molecule has 0 atom stereocenters. The number of carbonyl (C=O) groups excluding carboxylic acids is 1. The van der Waals surface area contributed by atoms with E-state index < -0.39 is 0 Å². The number of halogens is 1. The van der Waals surface area contributed by atoms with Crippen molar-refractivity contribution < 1.29 is 13.7 Å². The van der Waals surface area contributed by atoms with Gasteiger partial charge in [-0.05, 0) is 45.0 Å². The van der Waals surface area contributed by atoms with E-state index in [1.165, 1.54) is 23.5 Å². The zero-order valence-corrected chi connectivity index (χ0v) is 16.6. The van der Waals surface area contributed by atoms with Gasteiger partial charge in [0, 0.05) is 27.9 Å². The molecule has 0 bridgehead atoms. The molecule has 0 spiro atoms. The molecule has 8 heteroatoms. The SMILES string of the molecule is Cc1noc(C)c1CC(=O)NCc1sc2nc(-c3ccc(F)cc3)cn2c1C. The van der Waals surface area contributed by atoms with Gasteiger partial charge in [-0.1, -0.05) is 16.5 Å². The van der Waals surface area contributed by atoms with E-state index in [1.54, 1.807) is 19.1 Å². The molecule has 0 aliphatic heterocycles. The maximum atomic E-state index is 13.1. The van der Waals surface area contributed by atoms with E-state index >= 15 is 0 Å². The molecule has 0 aliphatic carbocycles. The number of hydrogen-bond donors (Lipinski definition) is 1. The zero-order valence-electron chi connectivity index (χ0n) is 15.7. The third kappa shape index (κ3) is 3.43. The van der Waals surface area contributed by atoms with Gasteiger partial charge in [-0.15, -0.1) is 0 Å². The van der Waals surface area contributed by atoms with E-state index in [-0.39, 0.29) is 18.1 Å². The number of fused-ring (bicyclic) bond motifs is 1. The van der Waals surface area contributed by atoms with Crippen LogP contribution in [0.4, 0.5) is 4.39 Å². The Balaban J connectivity index is 1.47. The lowest BCUT2D eigenvalue weighted by atomic mass is 10.1. The minimum atomic E-state index is -0.268. The third-order valence-corrected chi connectivity index (χ3v) is 5.91. The fraction of sp³-hybridized carbons (Fsp3) is 0.250. The Hall–Kier alpha value is -3.00. The van der Waals surface area contributed by atoms with Gasteiger partial charge in [0.05, 0.1) is 24.4 Å². The average molecular weight is 398 g/mol. The second kappa shape index (κ2) is 7.20. The molecule has 3 heterocycles. The van der Waals surface area contributed by atoms with Crippen molar-refractivity contribution in [2.75, 3.05) is 0 Å². The maximum Gasteiger partial charge on any atom is 0.224 e. The third-order valence-electron chi connectivity index (χ3n) is 4.76. The van der Waals surface area contributed by atoms with E-state index in [0.29, 0.717) is 12.3 Å². The number of imidazole rings is 1. The van der Waals surface area contributed by atoms with Crippen molar-refractivity contribution in [2.45, 2.75) is 33.7 Å². The fourth-order valence-corrected chi connectivity index (χ4v) is 4.12. The molecule has 28 heavy (non-hydrogen) atoms. The van der Waals surface area contributed by atoms with Crippen LogP contribution in [0.3, 0.4) is 0 Å².